The second-order valence-corrected chi connectivity index (χ2v) is 3.56. The van der Waals surface area contributed by atoms with Gasteiger partial charge in [0.1, 0.15) is 0 Å². The summed E-state index contributed by atoms with van der Waals surface area (Å²) in [6, 6.07) is 0. The van der Waals surface area contributed by atoms with Gasteiger partial charge in [-0.1, -0.05) is 12.2 Å². The molecule has 1 aliphatic carbocycles. The highest BCUT2D eigenvalue weighted by atomic mass is 16.3. The van der Waals surface area contributed by atoms with Crippen LogP contribution in [0, 0.1) is 5.92 Å². The molecule has 1 fully saturated rings. The van der Waals surface area contributed by atoms with Crippen LogP contribution in [0.2, 0.25) is 0 Å². The Morgan fingerprint density at radius 2 is 2.33 bits per heavy atom. The second-order valence-electron chi connectivity index (χ2n) is 3.56. The fraction of sp³-hybridized carbons (Fsp3) is 0.800. The molecule has 0 heterocycles. The molecule has 0 aromatic heterocycles. The van der Waals surface area contributed by atoms with Gasteiger partial charge in [-0.3, -0.25) is 0 Å². The van der Waals surface area contributed by atoms with Crippen LogP contribution in [0.4, 0.5) is 0 Å². The van der Waals surface area contributed by atoms with Gasteiger partial charge in [-0.05, 0) is 38.6 Å². The van der Waals surface area contributed by atoms with Crippen molar-refractivity contribution in [2.45, 2.75) is 32.3 Å². The van der Waals surface area contributed by atoms with Gasteiger partial charge in [-0.15, -0.1) is 0 Å². The van der Waals surface area contributed by atoms with Gasteiger partial charge in [-0.25, -0.2) is 0 Å². The summed E-state index contributed by atoms with van der Waals surface area (Å²) in [5, 5.41) is 12.6. The van der Waals surface area contributed by atoms with Gasteiger partial charge in [-0.2, -0.15) is 0 Å². The summed E-state index contributed by atoms with van der Waals surface area (Å²) < 4.78 is 0. The summed E-state index contributed by atoms with van der Waals surface area (Å²) in [7, 11) is 0. The number of hydrogen-bond donors (Lipinski definition) is 2. The van der Waals surface area contributed by atoms with E-state index in [9.17, 15) is 5.11 Å². The van der Waals surface area contributed by atoms with E-state index in [2.05, 4.69) is 17.5 Å². The molecular formula is C10H19NO. The second kappa shape index (κ2) is 5.33. The summed E-state index contributed by atoms with van der Waals surface area (Å²) >= 11 is 0. The Bertz CT molecular complexity index is 145. The average molecular weight is 169 g/mol. The van der Waals surface area contributed by atoms with E-state index in [1.165, 1.54) is 6.42 Å². The Balaban J connectivity index is 2.00. The maximum absolute atomic E-state index is 9.26. The van der Waals surface area contributed by atoms with Gasteiger partial charge >= 0.3 is 0 Å². The third kappa shape index (κ3) is 3.37. The predicted octanol–water partition coefficient (Wildman–Crippen LogP) is 1.31. The Morgan fingerprint density at radius 1 is 1.50 bits per heavy atom. The molecule has 0 spiro atoms. The van der Waals surface area contributed by atoms with Crippen molar-refractivity contribution in [1.29, 1.82) is 0 Å². The van der Waals surface area contributed by atoms with E-state index in [4.69, 9.17) is 0 Å². The first-order chi connectivity index (χ1) is 5.83. The van der Waals surface area contributed by atoms with Crippen LogP contribution in [0.1, 0.15) is 26.2 Å². The quantitative estimate of drug-likeness (QED) is 0.491. The first-order valence-corrected chi connectivity index (χ1v) is 4.83. The lowest BCUT2D eigenvalue weighted by molar-refractivity contribution is 0.177. The Labute approximate surface area is 74.7 Å². The Hall–Kier alpha value is -0.340. The van der Waals surface area contributed by atoms with Crippen LogP contribution in [0.5, 0.6) is 0 Å². The molecule has 0 saturated heterocycles. The number of nitrogens with one attached hydrogen (secondary N) is 1. The fourth-order valence-electron chi connectivity index (χ4n) is 1.72. The van der Waals surface area contributed by atoms with Crippen LogP contribution >= 0.6 is 0 Å². The SMILES string of the molecule is C/C=C/CNCC1CCC(O)C1. The van der Waals surface area contributed by atoms with E-state index in [0.717, 1.165) is 25.9 Å². The molecule has 1 aliphatic rings. The monoisotopic (exact) mass is 169 g/mol. The van der Waals surface area contributed by atoms with Gasteiger partial charge in [0.15, 0.2) is 0 Å². The summed E-state index contributed by atoms with van der Waals surface area (Å²) in [5.74, 6) is 0.699. The first kappa shape index (κ1) is 9.75. The lowest BCUT2D eigenvalue weighted by Gasteiger charge is -2.08. The number of aliphatic hydroxyl groups is 1. The van der Waals surface area contributed by atoms with Crippen LogP contribution in [-0.4, -0.2) is 24.3 Å². The number of aliphatic hydroxyl groups excluding tert-OH is 1. The Morgan fingerprint density at radius 3 is 2.92 bits per heavy atom. The highest BCUT2D eigenvalue weighted by Gasteiger charge is 2.21. The lowest BCUT2D eigenvalue weighted by Crippen LogP contribution is -2.21. The minimum atomic E-state index is -0.0292. The topological polar surface area (TPSA) is 32.3 Å². The van der Waals surface area contributed by atoms with E-state index in [1.54, 1.807) is 0 Å². The maximum atomic E-state index is 9.26. The van der Waals surface area contributed by atoms with E-state index in [1.807, 2.05) is 6.92 Å². The van der Waals surface area contributed by atoms with E-state index in [0.29, 0.717) is 5.92 Å². The minimum absolute atomic E-state index is 0.0292. The number of hydrogen-bond acceptors (Lipinski definition) is 2. The molecule has 12 heavy (non-hydrogen) atoms. The molecule has 0 bridgehead atoms. The highest BCUT2D eigenvalue weighted by Crippen LogP contribution is 2.24. The molecule has 0 radical (unpaired) electrons. The Kier molecular flexibility index (Phi) is 4.33. The van der Waals surface area contributed by atoms with Gasteiger partial charge in [0, 0.05) is 6.54 Å². The molecule has 2 atom stereocenters. The largest absolute Gasteiger partial charge is 0.393 e. The summed E-state index contributed by atoms with van der Waals surface area (Å²) in [6.45, 7) is 4.05. The van der Waals surface area contributed by atoms with Crippen molar-refractivity contribution in [2.24, 2.45) is 5.92 Å². The summed E-state index contributed by atoms with van der Waals surface area (Å²) in [6.07, 6.45) is 7.31. The highest BCUT2D eigenvalue weighted by molar-refractivity contribution is 4.81. The molecule has 1 rings (SSSR count). The molecule has 1 saturated carbocycles. The first-order valence-electron chi connectivity index (χ1n) is 4.83. The zero-order valence-corrected chi connectivity index (χ0v) is 7.79. The van der Waals surface area contributed by atoms with Crippen molar-refractivity contribution in [1.82, 2.24) is 5.32 Å². The number of allylic oxidation sites excluding steroid dienone is 1. The predicted molar refractivity (Wildman–Crippen MR) is 51.0 cm³/mol. The number of rotatable bonds is 4. The van der Waals surface area contributed by atoms with Crippen molar-refractivity contribution in [2.75, 3.05) is 13.1 Å². The van der Waals surface area contributed by atoms with E-state index >= 15 is 0 Å². The third-order valence-electron chi connectivity index (χ3n) is 2.44. The van der Waals surface area contributed by atoms with Gasteiger partial charge < -0.3 is 10.4 Å². The molecule has 2 N–H and O–H groups in total. The van der Waals surface area contributed by atoms with Crippen LogP contribution in [0.25, 0.3) is 0 Å². The smallest absolute Gasteiger partial charge is 0.0543 e. The van der Waals surface area contributed by atoms with Gasteiger partial charge in [0.25, 0.3) is 0 Å². The van der Waals surface area contributed by atoms with E-state index in [-0.39, 0.29) is 6.10 Å². The van der Waals surface area contributed by atoms with Crippen molar-refractivity contribution in [3.05, 3.63) is 12.2 Å². The standard InChI is InChI=1S/C10H19NO/c1-2-3-6-11-8-9-4-5-10(12)7-9/h2-3,9-12H,4-8H2,1H3/b3-2+. The lowest BCUT2D eigenvalue weighted by atomic mass is 10.1. The molecule has 0 aromatic carbocycles. The maximum Gasteiger partial charge on any atom is 0.0543 e. The van der Waals surface area contributed by atoms with Crippen molar-refractivity contribution >= 4 is 0 Å². The molecule has 0 aliphatic heterocycles. The molecule has 2 unspecified atom stereocenters. The molecule has 2 heteroatoms. The van der Waals surface area contributed by atoms with Crippen molar-refractivity contribution in [3.63, 3.8) is 0 Å². The van der Waals surface area contributed by atoms with Gasteiger partial charge in [0.05, 0.1) is 6.10 Å². The normalized spacial score (nSPS) is 30.2. The van der Waals surface area contributed by atoms with Crippen LogP contribution < -0.4 is 5.32 Å². The van der Waals surface area contributed by atoms with Crippen LogP contribution in [-0.2, 0) is 0 Å². The zero-order chi connectivity index (χ0) is 8.81. The average Bonchev–Trinajstić information content (AvgIpc) is 2.45. The molecule has 2 nitrogen and oxygen atoms in total. The molecule has 0 aromatic rings. The van der Waals surface area contributed by atoms with Crippen molar-refractivity contribution in [3.8, 4) is 0 Å². The summed E-state index contributed by atoms with van der Waals surface area (Å²) in [5.41, 5.74) is 0. The molecule has 0 amide bonds. The molecule has 70 valence electrons. The third-order valence-corrected chi connectivity index (χ3v) is 2.44. The van der Waals surface area contributed by atoms with Crippen LogP contribution in [0.15, 0.2) is 12.2 Å². The van der Waals surface area contributed by atoms with Gasteiger partial charge in [0.2, 0.25) is 0 Å². The minimum Gasteiger partial charge on any atom is -0.393 e. The zero-order valence-electron chi connectivity index (χ0n) is 7.79. The molecular weight excluding hydrogens is 150 g/mol. The summed E-state index contributed by atoms with van der Waals surface area (Å²) in [4.78, 5) is 0. The fourth-order valence-corrected chi connectivity index (χ4v) is 1.72. The van der Waals surface area contributed by atoms with Crippen molar-refractivity contribution < 1.29 is 5.11 Å². The van der Waals surface area contributed by atoms with E-state index < -0.39 is 0 Å². The van der Waals surface area contributed by atoms with Crippen LogP contribution in [0.3, 0.4) is 0 Å².